The molecule has 1 aromatic carbocycles. The highest BCUT2D eigenvalue weighted by Crippen LogP contribution is 2.05. The number of amides is 1. The van der Waals surface area contributed by atoms with Crippen LogP contribution in [0.5, 0.6) is 0 Å². The second-order valence-electron chi connectivity index (χ2n) is 4.01. The van der Waals surface area contributed by atoms with E-state index >= 15 is 0 Å². The van der Waals surface area contributed by atoms with Crippen molar-refractivity contribution in [3.63, 3.8) is 0 Å². The van der Waals surface area contributed by atoms with E-state index < -0.39 is 12.0 Å². The van der Waals surface area contributed by atoms with Gasteiger partial charge < -0.3 is 16.2 Å². The van der Waals surface area contributed by atoms with Crippen molar-refractivity contribution in [3.05, 3.63) is 35.4 Å². The standard InChI is InChI=1S/C13H18N2O3/c1-2-11(13(17)18)15-12(16)10-5-3-9(4-6-10)7-8-14/h3-6,11H,2,7-8,14H2,1H3,(H,15,16)(H,17,18)/t11-/m0/s1. The van der Waals surface area contributed by atoms with E-state index in [1.165, 1.54) is 0 Å². The predicted octanol–water partition coefficient (Wildman–Crippen LogP) is 0.781. The summed E-state index contributed by atoms with van der Waals surface area (Å²) in [5.74, 6) is -1.39. The lowest BCUT2D eigenvalue weighted by atomic mass is 10.1. The van der Waals surface area contributed by atoms with Crippen LogP contribution < -0.4 is 11.1 Å². The average molecular weight is 250 g/mol. The lowest BCUT2D eigenvalue weighted by molar-refractivity contribution is -0.139. The Morgan fingerprint density at radius 1 is 1.33 bits per heavy atom. The molecular weight excluding hydrogens is 232 g/mol. The molecule has 0 radical (unpaired) electrons. The first-order valence-electron chi connectivity index (χ1n) is 5.91. The Morgan fingerprint density at radius 3 is 2.39 bits per heavy atom. The van der Waals surface area contributed by atoms with Gasteiger partial charge in [0.25, 0.3) is 5.91 Å². The van der Waals surface area contributed by atoms with Gasteiger partial charge >= 0.3 is 5.97 Å². The number of hydrogen-bond donors (Lipinski definition) is 3. The van der Waals surface area contributed by atoms with Gasteiger partial charge in [0, 0.05) is 5.56 Å². The monoisotopic (exact) mass is 250 g/mol. The van der Waals surface area contributed by atoms with Crippen LogP contribution in [0.3, 0.4) is 0 Å². The molecule has 0 bridgehead atoms. The van der Waals surface area contributed by atoms with Crippen LogP contribution in [0.1, 0.15) is 29.3 Å². The highest BCUT2D eigenvalue weighted by molar-refractivity contribution is 5.96. The minimum atomic E-state index is -1.02. The molecule has 0 saturated heterocycles. The number of rotatable bonds is 6. The fourth-order valence-electron chi connectivity index (χ4n) is 1.57. The molecule has 0 spiro atoms. The van der Waals surface area contributed by atoms with Crippen LogP contribution in [-0.2, 0) is 11.2 Å². The largest absolute Gasteiger partial charge is 0.480 e. The Bertz CT molecular complexity index is 415. The third kappa shape index (κ3) is 3.85. The van der Waals surface area contributed by atoms with Crippen molar-refractivity contribution in [2.24, 2.45) is 5.73 Å². The first-order chi connectivity index (χ1) is 8.58. The van der Waals surface area contributed by atoms with Gasteiger partial charge in [-0.2, -0.15) is 0 Å². The summed E-state index contributed by atoms with van der Waals surface area (Å²) >= 11 is 0. The van der Waals surface area contributed by atoms with Gasteiger partial charge in [0.2, 0.25) is 0 Å². The molecule has 1 atom stereocenters. The van der Waals surface area contributed by atoms with Crippen molar-refractivity contribution >= 4 is 11.9 Å². The van der Waals surface area contributed by atoms with Gasteiger partial charge in [0.1, 0.15) is 6.04 Å². The highest BCUT2D eigenvalue weighted by Gasteiger charge is 2.18. The van der Waals surface area contributed by atoms with Gasteiger partial charge in [0.05, 0.1) is 0 Å². The molecule has 0 aliphatic rings. The summed E-state index contributed by atoms with van der Waals surface area (Å²) in [6, 6.07) is 6.15. The van der Waals surface area contributed by atoms with E-state index in [1.807, 2.05) is 12.1 Å². The number of aliphatic carboxylic acids is 1. The quantitative estimate of drug-likeness (QED) is 0.695. The number of carbonyl (C=O) groups excluding carboxylic acids is 1. The molecule has 0 saturated carbocycles. The zero-order valence-corrected chi connectivity index (χ0v) is 10.3. The van der Waals surface area contributed by atoms with E-state index in [-0.39, 0.29) is 5.91 Å². The number of carboxylic acid groups (broad SMARTS) is 1. The van der Waals surface area contributed by atoms with Gasteiger partial charge in [-0.25, -0.2) is 4.79 Å². The predicted molar refractivity (Wildman–Crippen MR) is 68.4 cm³/mol. The molecule has 1 rings (SSSR count). The summed E-state index contributed by atoms with van der Waals surface area (Å²) in [6.45, 7) is 2.27. The molecule has 18 heavy (non-hydrogen) atoms. The van der Waals surface area contributed by atoms with Crippen molar-refractivity contribution in [3.8, 4) is 0 Å². The Morgan fingerprint density at radius 2 is 1.94 bits per heavy atom. The van der Waals surface area contributed by atoms with Gasteiger partial charge in [-0.15, -0.1) is 0 Å². The third-order valence-corrected chi connectivity index (χ3v) is 2.66. The number of carbonyl (C=O) groups is 2. The van der Waals surface area contributed by atoms with E-state index in [0.29, 0.717) is 18.5 Å². The molecular formula is C13H18N2O3. The van der Waals surface area contributed by atoms with Crippen molar-refractivity contribution in [1.82, 2.24) is 5.32 Å². The van der Waals surface area contributed by atoms with Crippen LogP contribution in [0.25, 0.3) is 0 Å². The molecule has 0 fully saturated rings. The van der Waals surface area contributed by atoms with Crippen LogP contribution in [0.2, 0.25) is 0 Å². The van der Waals surface area contributed by atoms with Crippen molar-refractivity contribution < 1.29 is 14.7 Å². The number of nitrogens with one attached hydrogen (secondary N) is 1. The van der Waals surface area contributed by atoms with E-state index in [9.17, 15) is 9.59 Å². The second kappa shape index (κ2) is 6.76. The number of hydrogen-bond acceptors (Lipinski definition) is 3. The minimum absolute atomic E-state index is 0.354. The van der Waals surface area contributed by atoms with Gasteiger partial charge in [-0.1, -0.05) is 19.1 Å². The summed E-state index contributed by atoms with van der Waals surface area (Å²) in [4.78, 5) is 22.6. The minimum Gasteiger partial charge on any atom is -0.480 e. The molecule has 4 N–H and O–H groups in total. The number of benzene rings is 1. The molecule has 1 aromatic rings. The molecule has 1 amide bonds. The average Bonchev–Trinajstić information content (AvgIpc) is 2.36. The fourth-order valence-corrected chi connectivity index (χ4v) is 1.57. The number of carboxylic acids is 1. The Kier molecular flexibility index (Phi) is 5.32. The van der Waals surface area contributed by atoms with E-state index in [4.69, 9.17) is 10.8 Å². The SMILES string of the molecule is CC[C@H](NC(=O)c1ccc(CCN)cc1)C(=O)O. The zero-order valence-electron chi connectivity index (χ0n) is 10.3. The maximum absolute atomic E-state index is 11.8. The van der Waals surface area contributed by atoms with Gasteiger partial charge in [-0.05, 0) is 37.1 Å². The van der Waals surface area contributed by atoms with Crippen molar-refractivity contribution in [2.45, 2.75) is 25.8 Å². The maximum atomic E-state index is 11.8. The lowest BCUT2D eigenvalue weighted by Crippen LogP contribution is -2.40. The smallest absolute Gasteiger partial charge is 0.326 e. The van der Waals surface area contributed by atoms with Crippen molar-refractivity contribution in [1.29, 1.82) is 0 Å². The lowest BCUT2D eigenvalue weighted by Gasteiger charge is -2.12. The Hall–Kier alpha value is -1.88. The summed E-state index contributed by atoms with van der Waals surface area (Å²) in [7, 11) is 0. The molecule has 0 aromatic heterocycles. The van der Waals surface area contributed by atoms with Gasteiger partial charge in [-0.3, -0.25) is 4.79 Å². The molecule has 0 aliphatic heterocycles. The van der Waals surface area contributed by atoms with Crippen LogP contribution in [0, 0.1) is 0 Å². The van der Waals surface area contributed by atoms with E-state index in [1.54, 1.807) is 19.1 Å². The van der Waals surface area contributed by atoms with E-state index in [2.05, 4.69) is 5.32 Å². The Labute approximate surface area is 106 Å². The summed E-state index contributed by atoms with van der Waals surface area (Å²) < 4.78 is 0. The zero-order chi connectivity index (χ0) is 13.5. The molecule has 5 heteroatoms. The summed E-state index contributed by atoms with van der Waals surface area (Å²) in [5.41, 5.74) is 6.94. The molecule has 0 unspecified atom stereocenters. The number of nitrogens with two attached hydrogens (primary N) is 1. The van der Waals surface area contributed by atoms with Crippen LogP contribution >= 0.6 is 0 Å². The third-order valence-electron chi connectivity index (χ3n) is 2.66. The van der Waals surface area contributed by atoms with Crippen LogP contribution in [0.4, 0.5) is 0 Å². The Balaban J connectivity index is 2.69. The molecule has 98 valence electrons. The molecule has 0 heterocycles. The van der Waals surface area contributed by atoms with Crippen LogP contribution in [-0.4, -0.2) is 29.6 Å². The van der Waals surface area contributed by atoms with Gasteiger partial charge in [0.15, 0.2) is 0 Å². The first kappa shape index (κ1) is 14.2. The summed E-state index contributed by atoms with van der Waals surface area (Å²) in [5, 5.41) is 11.3. The summed E-state index contributed by atoms with van der Waals surface area (Å²) in [6.07, 6.45) is 1.11. The topological polar surface area (TPSA) is 92.4 Å². The van der Waals surface area contributed by atoms with Crippen LogP contribution in [0.15, 0.2) is 24.3 Å². The second-order valence-corrected chi connectivity index (χ2v) is 4.01. The maximum Gasteiger partial charge on any atom is 0.326 e. The fraction of sp³-hybridized carbons (Fsp3) is 0.385. The normalized spacial score (nSPS) is 11.9. The van der Waals surface area contributed by atoms with E-state index in [0.717, 1.165) is 12.0 Å². The van der Waals surface area contributed by atoms with Crippen molar-refractivity contribution in [2.75, 3.05) is 6.54 Å². The first-order valence-corrected chi connectivity index (χ1v) is 5.91. The molecule has 0 aliphatic carbocycles. The molecule has 5 nitrogen and oxygen atoms in total. The highest BCUT2D eigenvalue weighted by atomic mass is 16.4.